The molecule has 0 nitrogen and oxygen atoms in total. The predicted molar refractivity (Wildman–Crippen MR) is 42.8 cm³/mol. The van der Waals surface area contributed by atoms with Gasteiger partial charge in [0.15, 0.2) is 6.17 Å². The van der Waals surface area contributed by atoms with Crippen molar-refractivity contribution < 1.29 is 35.1 Å². The molecule has 0 aliphatic heterocycles. The monoisotopic (exact) mass is 300 g/mol. The Morgan fingerprint density at radius 1 is 0.875 bits per heavy atom. The lowest BCUT2D eigenvalue weighted by Crippen LogP contribution is -2.20. The first-order valence-corrected chi connectivity index (χ1v) is 4.25. The highest BCUT2D eigenvalue weighted by Gasteiger charge is 2.40. The minimum Gasteiger partial charge on any atom is -0.238 e. The highest BCUT2D eigenvalue weighted by atomic mass is 35.5. The average Bonchev–Trinajstić information content (AvgIpc) is 1.75. The Bertz CT molecular complexity index is 176. The third-order valence-corrected chi connectivity index (χ3v) is 1.12. The van der Waals surface area contributed by atoms with Gasteiger partial charge in [-0.1, -0.05) is 0 Å². The zero-order valence-corrected chi connectivity index (χ0v) is 9.08. The first kappa shape index (κ1) is 18.4. The second kappa shape index (κ2) is 6.09. The van der Waals surface area contributed by atoms with Crippen molar-refractivity contribution in [3.63, 3.8) is 0 Å². The number of halogens is 10. The number of hydrogen-bond acceptors (Lipinski definition) is 0. The summed E-state index contributed by atoms with van der Waals surface area (Å²) in [4.78, 5) is 0. The molecule has 0 rings (SSSR count). The molecule has 0 bridgehead atoms. The van der Waals surface area contributed by atoms with Gasteiger partial charge in [-0.25, -0.2) is 4.39 Å². The zero-order valence-electron chi connectivity index (χ0n) is 7.56. The van der Waals surface area contributed by atoms with Crippen LogP contribution in [-0.2, 0) is 0 Å². The van der Waals surface area contributed by atoms with Gasteiger partial charge < -0.3 is 0 Å². The molecular formula is C6H6Cl2F8. The van der Waals surface area contributed by atoms with E-state index in [0.29, 0.717) is 6.92 Å². The molecule has 0 aliphatic rings. The van der Waals surface area contributed by atoms with E-state index < -0.39 is 29.5 Å². The fourth-order valence-electron chi connectivity index (χ4n) is 0.227. The van der Waals surface area contributed by atoms with Gasteiger partial charge in [-0.3, -0.25) is 0 Å². The fraction of sp³-hybridized carbons (Fsp3) is 1.00. The molecule has 16 heavy (non-hydrogen) atoms. The van der Waals surface area contributed by atoms with E-state index in [1.807, 2.05) is 0 Å². The molecule has 100 valence electrons. The molecule has 0 heterocycles. The number of alkyl halides is 10. The summed E-state index contributed by atoms with van der Waals surface area (Å²) >= 11 is 8.24. The van der Waals surface area contributed by atoms with Gasteiger partial charge in [-0.05, 0) is 30.1 Å². The van der Waals surface area contributed by atoms with Gasteiger partial charge >= 0.3 is 16.9 Å². The molecule has 1 atom stereocenters. The Kier molecular flexibility index (Phi) is 7.00. The zero-order chi connectivity index (χ0) is 13.8. The summed E-state index contributed by atoms with van der Waals surface area (Å²) in [7, 11) is 0. The molecule has 0 aromatic heterocycles. The largest absolute Gasteiger partial charge is 0.419 e. The van der Waals surface area contributed by atoms with Gasteiger partial charge in [0.05, 0.1) is 0 Å². The molecule has 0 amide bonds. The Hall–Kier alpha value is 0.0200. The quantitative estimate of drug-likeness (QED) is 0.500. The lowest BCUT2D eigenvalue weighted by Gasteiger charge is -2.10. The smallest absolute Gasteiger partial charge is 0.238 e. The van der Waals surface area contributed by atoms with Crippen LogP contribution < -0.4 is 0 Å². The number of rotatable bonds is 2. The topological polar surface area (TPSA) is 0 Å². The van der Waals surface area contributed by atoms with Crippen LogP contribution in [0.25, 0.3) is 0 Å². The van der Waals surface area contributed by atoms with Crippen LogP contribution in [0.2, 0.25) is 0 Å². The molecule has 10 heteroatoms. The Morgan fingerprint density at radius 2 is 1.06 bits per heavy atom. The van der Waals surface area contributed by atoms with Crippen LogP contribution in [0.3, 0.4) is 0 Å². The number of hydrogen-bond donors (Lipinski definition) is 0. The predicted octanol–water partition coefficient (Wildman–Crippen LogP) is 4.95. The molecule has 0 N–H and O–H groups in total. The van der Waals surface area contributed by atoms with Crippen molar-refractivity contribution in [3.05, 3.63) is 0 Å². The first-order chi connectivity index (χ1) is 6.65. The van der Waals surface area contributed by atoms with Crippen molar-refractivity contribution in [1.29, 1.82) is 0 Å². The standard InChI is InChI=1S/C3H2Cl2F4.C3H4F4/c4-2(6,7)1-3(5,8)9;1-2(4)3(5,6)7/h1H2;2H,1H3. The fourth-order valence-corrected chi connectivity index (χ4v) is 0.631. The van der Waals surface area contributed by atoms with Crippen LogP contribution in [0.4, 0.5) is 35.1 Å². The van der Waals surface area contributed by atoms with Gasteiger partial charge in [0, 0.05) is 0 Å². The maximum Gasteiger partial charge on any atom is 0.419 e. The Morgan fingerprint density at radius 3 is 1.06 bits per heavy atom. The summed E-state index contributed by atoms with van der Waals surface area (Å²) < 4.78 is 89.2. The van der Waals surface area contributed by atoms with Crippen LogP contribution in [0.1, 0.15) is 13.3 Å². The molecule has 1 unspecified atom stereocenters. The molecule has 0 aromatic rings. The maximum atomic E-state index is 11.4. The minimum absolute atomic E-state index is 0.458. The summed E-state index contributed by atoms with van der Waals surface area (Å²) in [5.41, 5.74) is 0. The molecule has 0 aromatic carbocycles. The first-order valence-electron chi connectivity index (χ1n) is 3.49. The van der Waals surface area contributed by atoms with Crippen LogP contribution >= 0.6 is 23.2 Å². The van der Waals surface area contributed by atoms with Gasteiger partial charge in [0.1, 0.15) is 6.42 Å². The third kappa shape index (κ3) is 16.4. The van der Waals surface area contributed by atoms with Crippen molar-refractivity contribution >= 4 is 23.2 Å². The maximum absolute atomic E-state index is 11.4. The van der Waals surface area contributed by atoms with E-state index in [-0.39, 0.29) is 0 Å². The third-order valence-electron chi connectivity index (χ3n) is 0.852. The summed E-state index contributed by atoms with van der Waals surface area (Å²) in [6.07, 6.45) is -9.21. The summed E-state index contributed by atoms with van der Waals surface area (Å²) in [5.74, 6) is 0. The van der Waals surface area contributed by atoms with E-state index in [4.69, 9.17) is 0 Å². The van der Waals surface area contributed by atoms with Gasteiger partial charge in [0.2, 0.25) is 0 Å². The van der Waals surface area contributed by atoms with E-state index in [9.17, 15) is 35.1 Å². The van der Waals surface area contributed by atoms with Gasteiger partial charge in [-0.15, -0.1) is 0 Å². The average molecular weight is 301 g/mol. The van der Waals surface area contributed by atoms with Gasteiger partial charge in [-0.2, -0.15) is 30.7 Å². The van der Waals surface area contributed by atoms with E-state index in [0.717, 1.165) is 0 Å². The second-order valence-corrected chi connectivity index (χ2v) is 3.67. The van der Waals surface area contributed by atoms with Crippen LogP contribution in [-0.4, -0.2) is 23.1 Å². The van der Waals surface area contributed by atoms with Crippen molar-refractivity contribution in [2.24, 2.45) is 0 Å². The van der Waals surface area contributed by atoms with Crippen LogP contribution in [0.15, 0.2) is 0 Å². The van der Waals surface area contributed by atoms with E-state index in [1.54, 1.807) is 0 Å². The molecule has 0 fully saturated rings. The van der Waals surface area contributed by atoms with Crippen LogP contribution in [0, 0.1) is 0 Å². The second-order valence-electron chi connectivity index (χ2n) is 2.56. The lowest BCUT2D eigenvalue weighted by molar-refractivity contribution is -0.174. The molecule has 0 spiro atoms. The van der Waals surface area contributed by atoms with E-state index >= 15 is 0 Å². The highest BCUT2D eigenvalue weighted by molar-refractivity contribution is 6.24. The lowest BCUT2D eigenvalue weighted by atomic mass is 10.4. The SMILES string of the molecule is CC(F)C(F)(F)F.FC(F)(Cl)CC(F)(F)Cl. The highest BCUT2D eigenvalue weighted by Crippen LogP contribution is 2.35. The van der Waals surface area contributed by atoms with E-state index in [1.165, 1.54) is 0 Å². The van der Waals surface area contributed by atoms with Crippen molar-refractivity contribution in [2.75, 3.05) is 0 Å². The summed E-state index contributed by atoms with van der Waals surface area (Å²) in [6, 6.07) is 0. The molecule has 0 radical (unpaired) electrons. The van der Waals surface area contributed by atoms with Crippen molar-refractivity contribution in [1.82, 2.24) is 0 Å². The summed E-state index contributed by atoms with van der Waals surface area (Å²) in [6.45, 7) is 0.458. The molecule has 0 aliphatic carbocycles. The Labute approximate surface area is 95.5 Å². The Balaban J connectivity index is 0. The molecular weight excluding hydrogens is 295 g/mol. The van der Waals surface area contributed by atoms with Gasteiger partial charge in [0.25, 0.3) is 0 Å². The molecule has 0 saturated carbocycles. The minimum atomic E-state index is -4.67. The normalized spacial score (nSPS) is 15.2. The van der Waals surface area contributed by atoms with E-state index in [2.05, 4.69) is 23.2 Å². The molecule has 0 saturated heterocycles. The summed E-state index contributed by atoms with van der Waals surface area (Å²) in [5, 5.41) is -7.85. The van der Waals surface area contributed by atoms with Crippen LogP contribution in [0.5, 0.6) is 0 Å². The van der Waals surface area contributed by atoms with Crippen molar-refractivity contribution in [3.8, 4) is 0 Å². The van der Waals surface area contributed by atoms with Crippen molar-refractivity contribution in [2.45, 2.75) is 36.5 Å².